The molecule has 0 spiro atoms. The maximum atomic E-state index is 14.1. The van der Waals surface area contributed by atoms with Gasteiger partial charge in [-0.05, 0) is 24.3 Å². The summed E-state index contributed by atoms with van der Waals surface area (Å²) in [6, 6.07) is 7.88. The molecule has 6 nitrogen and oxygen atoms in total. The van der Waals surface area contributed by atoms with Crippen molar-refractivity contribution in [1.82, 2.24) is 4.72 Å². The number of alkyl halides is 1. The summed E-state index contributed by atoms with van der Waals surface area (Å²) in [7, 11) is -2.48. The van der Waals surface area contributed by atoms with Crippen molar-refractivity contribution < 1.29 is 31.5 Å². The van der Waals surface area contributed by atoms with E-state index in [1.54, 1.807) is 18.2 Å². The highest BCUT2D eigenvalue weighted by Crippen LogP contribution is 2.30. The zero-order valence-corrected chi connectivity index (χ0v) is 16.1. The lowest BCUT2D eigenvalue weighted by molar-refractivity contribution is -0.148. The fourth-order valence-electron chi connectivity index (χ4n) is 2.17. The number of carbonyl (C=O) groups excluding carboxylic acids is 1. The van der Waals surface area contributed by atoms with Gasteiger partial charge in [0.1, 0.15) is 18.5 Å². The molecule has 0 heterocycles. The molecule has 0 amide bonds. The minimum Gasteiger partial charge on any atom is -0.467 e. The Morgan fingerprint density at radius 1 is 1.30 bits per heavy atom. The van der Waals surface area contributed by atoms with Crippen LogP contribution in [0, 0.1) is 0 Å². The molecule has 10 heteroatoms. The Balaban J connectivity index is 1.82. The highest BCUT2D eigenvalue weighted by molar-refractivity contribution is 8.03. The Kier molecular flexibility index (Phi) is 7.96. The Hall–Kier alpha value is -1.75. The number of thioether (sulfide) groups is 1. The maximum absolute atomic E-state index is 14.1. The number of hydrogen-bond donors (Lipinski definition) is 1. The van der Waals surface area contributed by atoms with E-state index in [-0.39, 0.29) is 17.2 Å². The molecule has 0 fully saturated rings. The van der Waals surface area contributed by atoms with Crippen LogP contribution < -0.4 is 4.72 Å². The lowest BCUT2D eigenvalue weighted by atomic mass is 10.1. The summed E-state index contributed by atoms with van der Waals surface area (Å²) in [4.78, 5) is 11.5. The fourth-order valence-corrected chi connectivity index (χ4v) is 4.21. The number of sulfonamides is 1. The summed E-state index contributed by atoms with van der Waals surface area (Å²) in [5.74, 6) is -1.30. The van der Waals surface area contributed by atoms with Crippen molar-refractivity contribution in [2.75, 3.05) is 26.0 Å². The fraction of sp³-hybridized carbons (Fsp3) is 0.353. The Morgan fingerprint density at radius 2 is 2.00 bits per heavy atom. The number of methoxy groups -OCH3 is 1. The summed E-state index contributed by atoms with van der Waals surface area (Å²) in [5, 5.41) is 0. The largest absolute Gasteiger partial charge is 0.467 e. The van der Waals surface area contributed by atoms with Crippen molar-refractivity contribution in [3.63, 3.8) is 0 Å². The average Bonchev–Trinajstić information content (AvgIpc) is 2.65. The van der Waals surface area contributed by atoms with Crippen LogP contribution in [0.5, 0.6) is 0 Å². The van der Waals surface area contributed by atoms with E-state index in [1.165, 1.54) is 18.2 Å². The summed E-state index contributed by atoms with van der Waals surface area (Å²) in [5.41, 5.74) is 0. The predicted octanol–water partition coefficient (Wildman–Crippen LogP) is 2.35. The molecule has 1 aromatic rings. The van der Waals surface area contributed by atoms with E-state index >= 15 is 0 Å². The molecule has 1 N–H and O–H groups in total. The van der Waals surface area contributed by atoms with Crippen molar-refractivity contribution in [2.45, 2.75) is 17.2 Å². The van der Waals surface area contributed by atoms with Crippen molar-refractivity contribution in [2.24, 2.45) is 0 Å². The van der Waals surface area contributed by atoms with Gasteiger partial charge in [-0.3, -0.25) is 0 Å². The number of benzene rings is 1. The third-order valence-electron chi connectivity index (χ3n) is 3.49. The van der Waals surface area contributed by atoms with Gasteiger partial charge in [-0.15, -0.1) is 11.8 Å². The molecule has 1 aliphatic carbocycles. The number of halogens is 2. The lowest BCUT2D eigenvalue weighted by Crippen LogP contribution is -2.30. The van der Waals surface area contributed by atoms with Gasteiger partial charge in [0.2, 0.25) is 10.0 Å². The third kappa shape index (κ3) is 6.42. The van der Waals surface area contributed by atoms with Crippen LogP contribution in [0.25, 0.3) is 0 Å². The van der Waals surface area contributed by atoms with Crippen LogP contribution in [-0.2, 0) is 24.3 Å². The number of ether oxygens (including phenoxy) is 2. The monoisotopic (exact) mass is 419 g/mol. The van der Waals surface area contributed by atoms with Crippen LogP contribution in [0.15, 0.2) is 58.1 Å². The molecular formula is C17H19F2NO5S2. The molecule has 2 atom stereocenters. The van der Waals surface area contributed by atoms with Gasteiger partial charge in [0, 0.05) is 17.2 Å². The maximum Gasteiger partial charge on any atom is 0.331 e. The normalized spacial score (nSPS) is 20.0. The number of nitrogens with one attached hydrogen (secondary N) is 1. The molecule has 27 heavy (non-hydrogen) atoms. The summed E-state index contributed by atoms with van der Waals surface area (Å²) in [6.07, 6.45) is -0.983. The summed E-state index contributed by atoms with van der Waals surface area (Å²) < 4.78 is 63.9. The first-order chi connectivity index (χ1) is 12.8. The Bertz CT molecular complexity index is 812. The molecule has 0 radical (unpaired) electrons. The standard InChI is InChI=1S/C17H19F2NO5S2/c1-24-16(21)11-25-17-14(18)9-12(10-15(17)19)26-8-7-20-27(22,23)13-5-3-2-4-6-13/h2-6,9-10,14,17,20H,7-8,11H2,1H3. The highest BCUT2D eigenvalue weighted by Gasteiger charge is 2.29. The summed E-state index contributed by atoms with van der Waals surface area (Å²) >= 11 is 1.10. The van der Waals surface area contributed by atoms with Crippen LogP contribution in [0.2, 0.25) is 0 Å². The van der Waals surface area contributed by atoms with Crippen molar-refractivity contribution in [1.29, 1.82) is 0 Å². The van der Waals surface area contributed by atoms with E-state index in [9.17, 15) is 22.0 Å². The second-order valence-electron chi connectivity index (χ2n) is 5.41. The Labute approximate surface area is 160 Å². The second-order valence-corrected chi connectivity index (χ2v) is 8.34. The van der Waals surface area contributed by atoms with Crippen LogP contribution >= 0.6 is 11.8 Å². The van der Waals surface area contributed by atoms with Crippen LogP contribution in [0.1, 0.15) is 0 Å². The van der Waals surface area contributed by atoms with Crippen molar-refractivity contribution >= 4 is 27.8 Å². The topological polar surface area (TPSA) is 81.7 Å². The number of hydrogen-bond acceptors (Lipinski definition) is 6. The van der Waals surface area contributed by atoms with Crippen molar-refractivity contribution in [3.05, 3.63) is 53.2 Å². The molecule has 0 saturated carbocycles. The van der Waals surface area contributed by atoms with Gasteiger partial charge in [0.15, 0.2) is 6.17 Å². The van der Waals surface area contributed by atoms with Crippen LogP contribution in [-0.4, -0.2) is 52.7 Å². The SMILES string of the molecule is COC(=O)COC1C(F)=CC(SCCNS(=O)(=O)c2ccccc2)=CC1F. The average molecular weight is 419 g/mol. The molecule has 1 aromatic carbocycles. The van der Waals surface area contributed by atoms with Gasteiger partial charge in [-0.1, -0.05) is 18.2 Å². The zero-order chi connectivity index (χ0) is 19.9. The minimum absolute atomic E-state index is 0.0912. The van der Waals surface area contributed by atoms with Crippen LogP contribution in [0.4, 0.5) is 8.78 Å². The quantitative estimate of drug-likeness (QED) is 0.489. The zero-order valence-electron chi connectivity index (χ0n) is 14.4. The molecule has 2 unspecified atom stereocenters. The highest BCUT2D eigenvalue weighted by atomic mass is 32.2. The summed E-state index contributed by atoms with van der Waals surface area (Å²) in [6.45, 7) is -0.464. The molecule has 1 aliphatic rings. The first-order valence-electron chi connectivity index (χ1n) is 7.92. The minimum atomic E-state index is -3.62. The van der Waals surface area contributed by atoms with Gasteiger partial charge in [0.25, 0.3) is 0 Å². The van der Waals surface area contributed by atoms with E-state index in [0.717, 1.165) is 24.9 Å². The van der Waals surface area contributed by atoms with Gasteiger partial charge >= 0.3 is 5.97 Å². The predicted molar refractivity (Wildman–Crippen MR) is 98.0 cm³/mol. The van der Waals surface area contributed by atoms with E-state index in [1.807, 2.05) is 0 Å². The van der Waals surface area contributed by atoms with Gasteiger partial charge < -0.3 is 9.47 Å². The third-order valence-corrected chi connectivity index (χ3v) is 5.96. The number of carbonyl (C=O) groups is 1. The first kappa shape index (κ1) is 21.5. The van der Waals surface area contributed by atoms with Crippen LogP contribution in [0.3, 0.4) is 0 Å². The van der Waals surface area contributed by atoms with Crippen molar-refractivity contribution in [3.8, 4) is 0 Å². The smallest absolute Gasteiger partial charge is 0.331 e. The Morgan fingerprint density at radius 3 is 2.63 bits per heavy atom. The molecule has 0 aliphatic heterocycles. The molecule has 0 saturated heterocycles. The number of esters is 1. The van der Waals surface area contributed by atoms with E-state index in [0.29, 0.717) is 4.91 Å². The van der Waals surface area contributed by atoms with E-state index in [2.05, 4.69) is 9.46 Å². The van der Waals surface area contributed by atoms with E-state index < -0.39 is 40.7 Å². The first-order valence-corrected chi connectivity index (χ1v) is 10.4. The van der Waals surface area contributed by atoms with Gasteiger partial charge in [0.05, 0.1) is 12.0 Å². The van der Waals surface area contributed by atoms with Gasteiger partial charge in [-0.2, -0.15) is 0 Å². The number of rotatable bonds is 9. The molecular weight excluding hydrogens is 400 g/mol. The molecule has 0 bridgehead atoms. The number of allylic oxidation sites excluding steroid dienone is 1. The van der Waals surface area contributed by atoms with E-state index in [4.69, 9.17) is 4.74 Å². The van der Waals surface area contributed by atoms with Gasteiger partial charge in [-0.25, -0.2) is 26.7 Å². The molecule has 2 rings (SSSR count). The molecule has 0 aromatic heterocycles. The second kappa shape index (κ2) is 9.98. The lowest BCUT2D eigenvalue weighted by Gasteiger charge is -2.22. The molecule has 148 valence electrons.